The third-order valence-corrected chi connectivity index (χ3v) is 5.13. The van der Waals surface area contributed by atoms with Gasteiger partial charge in [-0.1, -0.05) is 42.5 Å². The molecule has 0 radical (unpaired) electrons. The minimum Gasteiger partial charge on any atom is -0.369 e. The molecule has 4 nitrogen and oxygen atoms in total. The molecule has 0 bridgehead atoms. The second-order valence-electron chi connectivity index (χ2n) is 6.71. The van der Waals surface area contributed by atoms with Crippen molar-refractivity contribution in [1.29, 1.82) is 0 Å². The molecule has 130 valence electrons. The average molecular weight is 345 g/mol. The molecular formula is C22H19NO3. The summed E-state index contributed by atoms with van der Waals surface area (Å²) in [7, 11) is 0. The van der Waals surface area contributed by atoms with Gasteiger partial charge >= 0.3 is 0 Å². The van der Waals surface area contributed by atoms with Crippen LogP contribution in [0.2, 0.25) is 0 Å². The number of rotatable bonds is 3. The van der Waals surface area contributed by atoms with E-state index in [2.05, 4.69) is 4.90 Å². The van der Waals surface area contributed by atoms with Crippen molar-refractivity contribution in [2.45, 2.75) is 19.3 Å². The maximum absolute atomic E-state index is 13.0. The number of aldehydes is 1. The summed E-state index contributed by atoms with van der Waals surface area (Å²) >= 11 is 0. The lowest BCUT2D eigenvalue weighted by Gasteiger charge is -2.28. The molecule has 2 aromatic rings. The zero-order chi connectivity index (χ0) is 18.1. The van der Waals surface area contributed by atoms with Crippen LogP contribution in [0.15, 0.2) is 48.2 Å². The van der Waals surface area contributed by atoms with Gasteiger partial charge in [0.25, 0.3) is 0 Å². The lowest BCUT2D eigenvalue weighted by Crippen LogP contribution is -2.29. The summed E-state index contributed by atoms with van der Waals surface area (Å²) in [5.41, 5.74) is 2.87. The lowest BCUT2D eigenvalue weighted by atomic mass is 9.81. The van der Waals surface area contributed by atoms with Gasteiger partial charge in [-0.2, -0.15) is 0 Å². The second-order valence-corrected chi connectivity index (χ2v) is 6.71. The molecular weight excluding hydrogens is 326 g/mol. The normalized spacial score (nSPS) is 16.9. The maximum Gasteiger partial charge on any atom is 0.195 e. The molecule has 4 heteroatoms. The average Bonchev–Trinajstić information content (AvgIpc) is 2.70. The van der Waals surface area contributed by atoms with Crippen LogP contribution in [-0.2, 0) is 4.79 Å². The van der Waals surface area contributed by atoms with Crippen molar-refractivity contribution in [3.8, 4) is 0 Å². The maximum atomic E-state index is 13.0. The van der Waals surface area contributed by atoms with E-state index in [0.29, 0.717) is 33.5 Å². The van der Waals surface area contributed by atoms with Crippen LogP contribution in [0.25, 0.3) is 6.08 Å². The molecule has 26 heavy (non-hydrogen) atoms. The van der Waals surface area contributed by atoms with Gasteiger partial charge < -0.3 is 4.90 Å². The molecule has 1 saturated heterocycles. The smallest absolute Gasteiger partial charge is 0.195 e. The summed E-state index contributed by atoms with van der Waals surface area (Å²) in [6.07, 6.45) is 5.88. The molecule has 0 atom stereocenters. The Labute approximate surface area is 152 Å². The first-order valence-corrected chi connectivity index (χ1v) is 8.94. The molecule has 0 amide bonds. The Morgan fingerprint density at radius 3 is 2.15 bits per heavy atom. The summed E-state index contributed by atoms with van der Waals surface area (Å²) in [5.74, 6) is -0.304. The third kappa shape index (κ3) is 2.68. The Kier molecular flexibility index (Phi) is 4.25. The predicted octanol–water partition coefficient (Wildman–Crippen LogP) is 3.49. The van der Waals surface area contributed by atoms with Gasteiger partial charge in [0.1, 0.15) is 0 Å². The quantitative estimate of drug-likeness (QED) is 0.539. The first kappa shape index (κ1) is 16.5. The predicted molar refractivity (Wildman–Crippen MR) is 99.2 cm³/mol. The molecule has 1 aliphatic heterocycles. The van der Waals surface area contributed by atoms with Crippen LogP contribution in [0.3, 0.4) is 0 Å². The molecule has 0 aromatic heterocycles. The van der Waals surface area contributed by atoms with Crippen LogP contribution >= 0.6 is 0 Å². The molecule has 2 aliphatic rings. The first-order valence-electron chi connectivity index (χ1n) is 8.94. The van der Waals surface area contributed by atoms with E-state index in [1.807, 2.05) is 0 Å². The van der Waals surface area contributed by atoms with Crippen LogP contribution in [0.4, 0.5) is 0 Å². The van der Waals surface area contributed by atoms with Crippen molar-refractivity contribution in [2.75, 3.05) is 13.1 Å². The Morgan fingerprint density at radius 1 is 0.808 bits per heavy atom. The molecule has 4 rings (SSSR count). The van der Waals surface area contributed by atoms with Gasteiger partial charge in [0.15, 0.2) is 17.9 Å². The van der Waals surface area contributed by atoms with Crippen LogP contribution in [-0.4, -0.2) is 35.8 Å². The highest BCUT2D eigenvalue weighted by Gasteiger charge is 2.31. The van der Waals surface area contributed by atoms with Gasteiger partial charge in [0.2, 0.25) is 0 Å². The van der Waals surface area contributed by atoms with Crippen LogP contribution in [0.5, 0.6) is 0 Å². The van der Waals surface area contributed by atoms with Crippen molar-refractivity contribution < 1.29 is 14.4 Å². The Morgan fingerprint density at radius 2 is 1.46 bits per heavy atom. The topological polar surface area (TPSA) is 54.5 Å². The first-order chi connectivity index (χ1) is 12.7. The SMILES string of the molecule is O=CC(=Cc1cccc2c1C(=O)c1ccccc1C2=O)N1CCCCC1. The van der Waals surface area contributed by atoms with Crippen molar-refractivity contribution in [2.24, 2.45) is 0 Å². The fourth-order valence-corrected chi connectivity index (χ4v) is 3.80. The molecule has 0 spiro atoms. The van der Waals surface area contributed by atoms with Gasteiger partial charge in [-0.15, -0.1) is 0 Å². The number of piperidine rings is 1. The number of benzene rings is 2. The minimum absolute atomic E-state index is 0.143. The minimum atomic E-state index is -0.161. The number of allylic oxidation sites excluding steroid dienone is 1. The number of carbonyl (C=O) groups excluding carboxylic acids is 3. The standard InChI is InChI=1S/C22H19NO3/c24-14-16(23-11-4-1-5-12-23)13-15-7-6-10-19-20(15)22(26)18-9-3-2-8-17(18)21(19)25/h2-3,6-10,13-14H,1,4-5,11-12H2. The van der Waals surface area contributed by atoms with Gasteiger partial charge in [-0.05, 0) is 30.9 Å². The largest absolute Gasteiger partial charge is 0.369 e. The highest BCUT2D eigenvalue weighted by molar-refractivity contribution is 6.29. The van der Waals surface area contributed by atoms with E-state index >= 15 is 0 Å². The third-order valence-electron chi connectivity index (χ3n) is 5.13. The summed E-state index contributed by atoms with van der Waals surface area (Å²) in [5, 5.41) is 0. The Balaban J connectivity index is 1.83. The van der Waals surface area contributed by atoms with Crippen molar-refractivity contribution >= 4 is 23.9 Å². The van der Waals surface area contributed by atoms with Crippen molar-refractivity contribution in [3.05, 3.63) is 76.0 Å². The second kappa shape index (κ2) is 6.71. The fourth-order valence-electron chi connectivity index (χ4n) is 3.80. The zero-order valence-corrected chi connectivity index (χ0v) is 14.4. The molecule has 1 aliphatic carbocycles. The highest BCUT2D eigenvalue weighted by atomic mass is 16.1. The summed E-state index contributed by atoms with van der Waals surface area (Å²) in [6, 6.07) is 12.1. The summed E-state index contributed by atoms with van der Waals surface area (Å²) < 4.78 is 0. The zero-order valence-electron chi connectivity index (χ0n) is 14.4. The van der Waals surface area contributed by atoms with E-state index in [4.69, 9.17) is 0 Å². The Hall–Kier alpha value is -3.01. The number of fused-ring (bicyclic) bond motifs is 2. The monoisotopic (exact) mass is 345 g/mol. The highest BCUT2D eigenvalue weighted by Crippen LogP contribution is 2.30. The summed E-state index contributed by atoms with van der Waals surface area (Å²) in [4.78, 5) is 39.6. The van der Waals surface area contributed by atoms with Crippen molar-refractivity contribution in [1.82, 2.24) is 4.90 Å². The van der Waals surface area contributed by atoms with Gasteiger partial charge in [-0.3, -0.25) is 14.4 Å². The number of carbonyl (C=O) groups is 3. The Bertz CT molecular complexity index is 936. The van der Waals surface area contributed by atoms with E-state index in [9.17, 15) is 14.4 Å². The summed E-state index contributed by atoms with van der Waals surface area (Å²) in [6.45, 7) is 1.69. The molecule has 0 N–H and O–H groups in total. The number of nitrogens with zero attached hydrogens (tertiary/aromatic N) is 1. The molecule has 1 fully saturated rings. The van der Waals surface area contributed by atoms with Crippen molar-refractivity contribution in [3.63, 3.8) is 0 Å². The van der Waals surface area contributed by atoms with Crippen LogP contribution in [0.1, 0.15) is 56.7 Å². The van der Waals surface area contributed by atoms with Gasteiger partial charge in [0.05, 0.1) is 5.70 Å². The van der Waals surface area contributed by atoms with E-state index in [1.165, 1.54) is 6.42 Å². The van der Waals surface area contributed by atoms with Crippen LogP contribution in [0, 0.1) is 0 Å². The lowest BCUT2D eigenvalue weighted by molar-refractivity contribution is -0.106. The molecule has 1 heterocycles. The molecule has 0 unspecified atom stereocenters. The van der Waals surface area contributed by atoms with E-state index in [0.717, 1.165) is 32.2 Å². The number of hydrogen-bond acceptors (Lipinski definition) is 4. The van der Waals surface area contributed by atoms with E-state index < -0.39 is 0 Å². The van der Waals surface area contributed by atoms with E-state index in [1.54, 1.807) is 48.5 Å². The number of likely N-dealkylation sites (tertiary alicyclic amines) is 1. The van der Waals surface area contributed by atoms with Crippen LogP contribution < -0.4 is 0 Å². The molecule has 0 saturated carbocycles. The fraction of sp³-hybridized carbons (Fsp3) is 0.227. The van der Waals surface area contributed by atoms with E-state index in [-0.39, 0.29) is 11.6 Å². The number of hydrogen-bond donors (Lipinski definition) is 0. The van der Waals surface area contributed by atoms with Gasteiger partial charge in [-0.25, -0.2) is 0 Å². The number of ketones is 2. The van der Waals surface area contributed by atoms with Gasteiger partial charge in [0, 0.05) is 35.3 Å². The molecule has 2 aromatic carbocycles.